The van der Waals surface area contributed by atoms with Gasteiger partial charge in [-0.05, 0) is 42.9 Å². The van der Waals surface area contributed by atoms with Gasteiger partial charge < -0.3 is 26.4 Å². The Morgan fingerprint density at radius 2 is 1.82 bits per heavy atom. The first-order chi connectivity index (χ1) is 18.1. The number of primary amides is 1. The first kappa shape index (κ1) is 30.2. The number of hydrogen-bond acceptors (Lipinski definition) is 8. The Balaban J connectivity index is 2.05. The number of ether oxygens (including phenoxy) is 1. The predicted octanol–water partition coefficient (Wildman–Crippen LogP) is 1.05. The van der Waals surface area contributed by atoms with Crippen LogP contribution in [0.4, 0.5) is 10.5 Å². The normalized spacial score (nSPS) is 12.4. The number of nitrogens with zero attached hydrogens (tertiary/aromatic N) is 3. The molecule has 2 rings (SSSR count). The maximum Gasteiger partial charge on any atom is 0.312 e. The van der Waals surface area contributed by atoms with E-state index in [-0.39, 0.29) is 44.0 Å². The molecule has 13 heteroatoms. The van der Waals surface area contributed by atoms with Gasteiger partial charge in [0.05, 0.1) is 18.4 Å². The third kappa shape index (κ3) is 10.5. The first-order valence-electron chi connectivity index (χ1n) is 12.6. The lowest BCUT2D eigenvalue weighted by molar-refractivity contribution is -0.142. The van der Waals surface area contributed by atoms with Gasteiger partial charge in [-0.3, -0.25) is 19.7 Å². The summed E-state index contributed by atoms with van der Waals surface area (Å²) in [6, 6.07) is 4.72. The Morgan fingerprint density at radius 3 is 2.39 bits per heavy atom. The molecule has 2 atom stereocenters. The van der Waals surface area contributed by atoms with E-state index in [4.69, 9.17) is 10.5 Å². The molecule has 1 aromatic heterocycles. The highest BCUT2D eigenvalue weighted by atomic mass is 16.5. The molecule has 0 bridgehead atoms. The SMILES string of the molecule is CCc1cn(CN[C@H](C(=O)N[C@@H](CCCNC(N)=O)C(=O)Nc2ccc(COC(C)=O)cc2)C(C)C)nn1. The fourth-order valence-corrected chi connectivity index (χ4v) is 3.55. The molecule has 0 spiro atoms. The van der Waals surface area contributed by atoms with E-state index in [2.05, 4.69) is 31.6 Å². The van der Waals surface area contributed by atoms with Crippen molar-refractivity contribution >= 4 is 29.5 Å². The van der Waals surface area contributed by atoms with Crippen LogP contribution in [-0.2, 0) is 38.8 Å². The molecule has 13 nitrogen and oxygen atoms in total. The maximum atomic E-state index is 13.2. The average molecular weight is 531 g/mol. The van der Waals surface area contributed by atoms with Crippen LogP contribution < -0.4 is 27.0 Å². The van der Waals surface area contributed by atoms with Gasteiger partial charge in [-0.15, -0.1) is 5.10 Å². The van der Waals surface area contributed by atoms with Crippen molar-refractivity contribution in [2.45, 2.75) is 72.3 Å². The Bertz CT molecular complexity index is 1070. The molecular formula is C25H38N8O5. The standard InChI is InChI=1S/C25H38N8O5/c1-5-19-13-33(32-31-19)15-28-22(16(2)3)24(36)30-21(7-6-12-27-25(26)37)23(35)29-20-10-8-18(9-11-20)14-38-17(4)34/h8-11,13,16,21-22,28H,5-7,12,14-15H2,1-4H3,(H,29,35)(H,30,36)(H3,26,27,37)/t21-,22-/m0/s1. The van der Waals surface area contributed by atoms with Crippen LogP contribution in [0.1, 0.15) is 51.8 Å². The lowest BCUT2D eigenvalue weighted by atomic mass is 10.0. The van der Waals surface area contributed by atoms with Gasteiger partial charge in [0.1, 0.15) is 12.6 Å². The summed E-state index contributed by atoms with van der Waals surface area (Å²) in [7, 11) is 0. The Hall–Kier alpha value is -4.00. The zero-order valence-electron chi connectivity index (χ0n) is 22.3. The van der Waals surface area contributed by atoms with E-state index in [0.29, 0.717) is 12.1 Å². The van der Waals surface area contributed by atoms with E-state index in [1.54, 1.807) is 28.9 Å². The highest BCUT2D eigenvalue weighted by Crippen LogP contribution is 2.13. The summed E-state index contributed by atoms with van der Waals surface area (Å²) in [6.45, 7) is 7.79. The van der Waals surface area contributed by atoms with E-state index in [0.717, 1.165) is 17.7 Å². The number of urea groups is 1. The second kappa shape index (κ2) is 15.3. The third-order valence-corrected chi connectivity index (χ3v) is 5.64. The molecule has 6 N–H and O–H groups in total. The minimum Gasteiger partial charge on any atom is -0.461 e. The predicted molar refractivity (Wildman–Crippen MR) is 140 cm³/mol. The zero-order chi connectivity index (χ0) is 28.1. The molecule has 0 fully saturated rings. The highest BCUT2D eigenvalue weighted by molar-refractivity contribution is 5.97. The van der Waals surface area contributed by atoms with Crippen LogP contribution in [-0.4, -0.2) is 57.4 Å². The van der Waals surface area contributed by atoms with Crippen LogP contribution in [0.3, 0.4) is 0 Å². The maximum absolute atomic E-state index is 13.2. The Morgan fingerprint density at radius 1 is 1.11 bits per heavy atom. The van der Waals surface area contributed by atoms with Crippen LogP contribution >= 0.6 is 0 Å². The number of nitrogens with two attached hydrogens (primary N) is 1. The minimum atomic E-state index is -0.862. The summed E-state index contributed by atoms with van der Waals surface area (Å²) in [4.78, 5) is 48.3. The molecule has 4 amide bonds. The third-order valence-electron chi connectivity index (χ3n) is 5.64. The van der Waals surface area contributed by atoms with Crippen molar-refractivity contribution < 1.29 is 23.9 Å². The van der Waals surface area contributed by atoms with Crippen molar-refractivity contribution in [3.05, 3.63) is 41.7 Å². The lowest BCUT2D eigenvalue weighted by Gasteiger charge is -2.25. The molecule has 0 aliphatic heterocycles. The van der Waals surface area contributed by atoms with E-state index in [1.165, 1.54) is 6.92 Å². The number of anilines is 1. The fourth-order valence-electron chi connectivity index (χ4n) is 3.55. The van der Waals surface area contributed by atoms with Crippen LogP contribution in [0.2, 0.25) is 0 Å². The number of carbonyl (C=O) groups excluding carboxylic acids is 4. The van der Waals surface area contributed by atoms with Gasteiger partial charge in [-0.1, -0.05) is 38.1 Å². The molecule has 208 valence electrons. The molecule has 2 aromatic rings. The largest absolute Gasteiger partial charge is 0.461 e. The molecular weight excluding hydrogens is 492 g/mol. The summed E-state index contributed by atoms with van der Waals surface area (Å²) in [5, 5.41) is 19.4. The quantitative estimate of drug-likeness (QED) is 0.167. The van der Waals surface area contributed by atoms with Crippen molar-refractivity contribution in [2.24, 2.45) is 11.7 Å². The van der Waals surface area contributed by atoms with E-state index in [9.17, 15) is 19.2 Å². The van der Waals surface area contributed by atoms with Crippen LogP contribution in [0.15, 0.2) is 30.5 Å². The number of aryl methyl sites for hydroxylation is 1. The first-order valence-corrected chi connectivity index (χ1v) is 12.6. The van der Waals surface area contributed by atoms with Crippen LogP contribution in [0.25, 0.3) is 0 Å². The van der Waals surface area contributed by atoms with E-state index < -0.39 is 24.0 Å². The summed E-state index contributed by atoms with van der Waals surface area (Å²) in [5.74, 6) is -1.20. The molecule has 0 unspecified atom stereocenters. The van der Waals surface area contributed by atoms with Crippen molar-refractivity contribution in [3.8, 4) is 0 Å². The fraction of sp³-hybridized carbons (Fsp3) is 0.520. The lowest BCUT2D eigenvalue weighted by Crippen LogP contribution is -2.53. The monoisotopic (exact) mass is 530 g/mol. The number of esters is 1. The summed E-state index contributed by atoms with van der Waals surface area (Å²) in [5.41, 5.74) is 7.26. The number of hydrogen-bond donors (Lipinski definition) is 5. The Kier molecular flexibility index (Phi) is 12.2. The molecule has 0 saturated carbocycles. The van der Waals surface area contributed by atoms with Crippen LogP contribution in [0.5, 0.6) is 0 Å². The number of benzene rings is 1. The van der Waals surface area contributed by atoms with Crippen molar-refractivity contribution in [2.75, 3.05) is 11.9 Å². The Labute approximate surface area is 222 Å². The van der Waals surface area contributed by atoms with E-state index in [1.807, 2.05) is 27.0 Å². The van der Waals surface area contributed by atoms with Gasteiger partial charge in [-0.2, -0.15) is 0 Å². The molecule has 0 radical (unpaired) electrons. The van der Waals surface area contributed by atoms with Crippen LogP contribution in [0, 0.1) is 5.92 Å². The second-order valence-electron chi connectivity index (χ2n) is 9.15. The molecule has 0 aliphatic rings. The second-order valence-corrected chi connectivity index (χ2v) is 9.15. The van der Waals surface area contributed by atoms with Gasteiger partial charge >= 0.3 is 12.0 Å². The zero-order valence-corrected chi connectivity index (χ0v) is 22.3. The topological polar surface area (TPSA) is 182 Å². The van der Waals surface area contributed by atoms with Crippen molar-refractivity contribution in [1.82, 2.24) is 30.9 Å². The number of rotatable bonds is 15. The van der Waals surface area contributed by atoms with Gasteiger partial charge in [0.15, 0.2) is 0 Å². The summed E-state index contributed by atoms with van der Waals surface area (Å²) < 4.78 is 6.59. The van der Waals surface area contributed by atoms with Gasteiger partial charge in [0.2, 0.25) is 11.8 Å². The molecule has 38 heavy (non-hydrogen) atoms. The molecule has 0 aliphatic carbocycles. The summed E-state index contributed by atoms with van der Waals surface area (Å²) in [6.07, 6.45) is 3.25. The van der Waals surface area contributed by atoms with Gasteiger partial charge in [0, 0.05) is 25.4 Å². The molecule has 1 heterocycles. The highest BCUT2D eigenvalue weighted by Gasteiger charge is 2.27. The number of carbonyl (C=O) groups is 4. The smallest absolute Gasteiger partial charge is 0.312 e. The molecule has 1 aromatic carbocycles. The van der Waals surface area contributed by atoms with Gasteiger partial charge in [-0.25, -0.2) is 9.48 Å². The minimum absolute atomic E-state index is 0.0748. The number of aromatic nitrogens is 3. The summed E-state index contributed by atoms with van der Waals surface area (Å²) >= 11 is 0. The number of amides is 4. The van der Waals surface area contributed by atoms with Crippen molar-refractivity contribution in [1.29, 1.82) is 0 Å². The average Bonchev–Trinajstić information content (AvgIpc) is 3.33. The van der Waals surface area contributed by atoms with Gasteiger partial charge in [0.25, 0.3) is 0 Å². The molecule has 0 saturated heterocycles. The van der Waals surface area contributed by atoms with Crippen molar-refractivity contribution in [3.63, 3.8) is 0 Å². The number of nitrogens with one attached hydrogen (secondary N) is 4. The van der Waals surface area contributed by atoms with E-state index >= 15 is 0 Å².